The van der Waals surface area contributed by atoms with Gasteiger partial charge >= 0.3 is 0 Å². The molecule has 0 fully saturated rings. The van der Waals surface area contributed by atoms with E-state index in [1.54, 1.807) is 12.3 Å². The summed E-state index contributed by atoms with van der Waals surface area (Å²) < 4.78 is 0. The van der Waals surface area contributed by atoms with Crippen molar-refractivity contribution in [3.63, 3.8) is 0 Å². The van der Waals surface area contributed by atoms with Gasteiger partial charge in [-0.25, -0.2) is 0 Å². The molecule has 0 aliphatic carbocycles. The van der Waals surface area contributed by atoms with Crippen molar-refractivity contribution in [3.05, 3.63) is 84.2 Å². The Morgan fingerprint density at radius 2 is 1.80 bits per heavy atom. The molecule has 0 amide bonds. The van der Waals surface area contributed by atoms with Crippen molar-refractivity contribution in [1.29, 1.82) is 0 Å². The summed E-state index contributed by atoms with van der Waals surface area (Å²) in [6, 6.07) is 8.59. The van der Waals surface area contributed by atoms with Gasteiger partial charge in [0.25, 0.3) is 0 Å². The standard InChI is InChI=1S/C19H21N/c1-4-7-8-10-17-13-15-18(16-14-17)11-9-12-19(5-2)20-6-3/h1,5-9,12-16,20H,3,10-11H2,2H3/b8-7-,12-9-,19-5+. The Hall–Kier alpha value is -2.46. The van der Waals surface area contributed by atoms with E-state index in [4.69, 9.17) is 6.42 Å². The van der Waals surface area contributed by atoms with Gasteiger partial charge in [-0.1, -0.05) is 55.0 Å². The molecule has 102 valence electrons. The van der Waals surface area contributed by atoms with E-state index in [1.807, 2.05) is 19.1 Å². The van der Waals surface area contributed by atoms with Crippen LogP contribution in [0, 0.1) is 12.3 Å². The highest BCUT2D eigenvalue weighted by Gasteiger charge is 1.92. The number of allylic oxidation sites excluding steroid dienone is 5. The maximum atomic E-state index is 5.17. The third kappa shape index (κ3) is 5.93. The van der Waals surface area contributed by atoms with Gasteiger partial charge in [-0.05, 0) is 49.2 Å². The van der Waals surface area contributed by atoms with Gasteiger partial charge in [0.05, 0.1) is 0 Å². The summed E-state index contributed by atoms with van der Waals surface area (Å²) in [6.07, 6.45) is 18.6. The highest BCUT2D eigenvalue weighted by molar-refractivity contribution is 5.27. The van der Waals surface area contributed by atoms with E-state index in [0.29, 0.717) is 0 Å². The lowest BCUT2D eigenvalue weighted by molar-refractivity contribution is 1.10. The zero-order valence-corrected chi connectivity index (χ0v) is 12.0. The summed E-state index contributed by atoms with van der Waals surface area (Å²) in [6.45, 7) is 5.65. The Labute approximate surface area is 122 Å². The predicted octanol–water partition coefficient (Wildman–Crippen LogP) is 4.15. The van der Waals surface area contributed by atoms with Crippen molar-refractivity contribution in [2.45, 2.75) is 19.8 Å². The lowest BCUT2D eigenvalue weighted by Crippen LogP contribution is -2.00. The van der Waals surface area contributed by atoms with Crippen LogP contribution in [0.25, 0.3) is 0 Å². The molecule has 1 nitrogen and oxygen atoms in total. The topological polar surface area (TPSA) is 12.0 Å². The molecule has 0 radical (unpaired) electrons. The van der Waals surface area contributed by atoms with E-state index >= 15 is 0 Å². The van der Waals surface area contributed by atoms with Crippen LogP contribution < -0.4 is 5.32 Å². The predicted molar refractivity (Wildman–Crippen MR) is 88.1 cm³/mol. The van der Waals surface area contributed by atoms with Crippen molar-refractivity contribution in [2.75, 3.05) is 0 Å². The summed E-state index contributed by atoms with van der Waals surface area (Å²) in [4.78, 5) is 0. The first-order valence-electron chi connectivity index (χ1n) is 6.69. The van der Waals surface area contributed by atoms with Gasteiger partial charge in [0.15, 0.2) is 0 Å². The third-order valence-electron chi connectivity index (χ3n) is 2.82. The normalized spacial score (nSPS) is 11.7. The molecule has 0 spiro atoms. The Morgan fingerprint density at radius 1 is 1.20 bits per heavy atom. The molecule has 0 unspecified atom stereocenters. The number of nitrogens with one attached hydrogen (secondary N) is 1. The van der Waals surface area contributed by atoms with E-state index in [2.05, 4.69) is 54.2 Å². The second-order valence-corrected chi connectivity index (χ2v) is 4.29. The molecule has 0 aromatic heterocycles. The Morgan fingerprint density at radius 3 is 2.30 bits per heavy atom. The molecule has 0 saturated heterocycles. The minimum Gasteiger partial charge on any atom is -0.363 e. The number of terminal acetylenes is 1. The second kappa shape index (κ2) is 9.47. The van der Waals surface area contributed by atoms with Gasteiger partial charge in [0.1, 0.15) is 0 Å². The Bertz CT molecular complexity index is 536. The van der Waals surface area contributed by atoms with Crippen LogP contribution in [0.4, 0.5) is 0 Å². The van der Waals surface area contributed by atoms with Gasteiger partial charge in [-0.2, -0.15) is 0 Å². The smallest absolute Gasteiger partial charge is 0.0333 e. The van der Waals surface area contributed by atoms with E-state index in [0.717, 1.165) is 18.5 Å². The Kier molecular flexibility index (Phi) is 7.38. The quantitative estimate of drug-likeness (QED) is 0.575. The maximum absolute atomic E-state index is 5.17. The first-order chi connectivity index (χ1) is 9.80. The zero-order chi connectivity index (χ0) is 14.6. The second-order valence-electron chi connectivity index (χ2n) is 4.29. The van der Waals surface area contributed by atoms with Crippen LogP contribution in [-0.4, -0.2) is 0 Å². The molecule has 0 aliphatic heterocycles. The summed E-state index contributed by atoms with van der Waals surface area (Å²) in [5.74, 6) is 2.50. The SMILES string of the molecule is C#C/C=C\Cc1ccc(C/C=C\C(=C/C)NC=C)cc1. The first-order valence-corrected chi connectivity index (χ1v) is 6.69. The van der Waals surface area contributed by atoms with E-state index in [9.17, 15) is 0 Å². The van der Waals surface area contributed by atoms with Crippen LogP contribution in [0.1, 0.15) is 18.1 Å². The first kappa shape index (κ1) is 15.6. The van der Waals surface area contributed by atoms with Crippen LogP contribution in [0.15, 0.2) is 73.1 Å². The zero-order valence-electron chi connectivity index (χ0n) is 12.0. The van der Waals surface area contributed by atoms with Crippen molar-refractivity contribution in [1.82, 2.24) is 5.32 Å². The summed E-state index contributed by atoms with van der Waals surface area (Å²) >= 11 is 0. The molecule has 0 saturated carbocycles. The number of rotatable bonds is 7. The summed E-state index contributed by atoms with van der Waals surface area (Å²) in [5.41, 5.74) is 3.61. The average Bonchev–Trinajstić information content (AvgIpc) is 2.48. The molecule has 0 atom stereocenters. The van der Waals surface area contributed by atoms with E-state index in [-0.39, 0.29) is 0 Å². The molecule has 1 aromatic carbocycles. The largest absolute Gasteiger partial charge is 0.363 e. The molecule has 1 aromatic rings. The summed E-state index contributed by atoms with van der Waals surface area (Å²) in [5, 5.41) is 3.07. The minimum atomic E-state index is 0.881. The molecule has 1 heteroatoms. The third-order valence-corrected chi connectivity index (χ3v) is 2.82. The van der Waals surface area contributed by atoms with E-state index < -0.39 is 0 Å². The number of benzene rings is 1. The molecule has 0 aliphatic rings. The number of hydrogen-bond acceptors (Lipinski definition) is 1. The lowest BCUT2D eigenvalue weighted by atomic mass is 10.1. The molecular formula is C19H21N. The van der Waals surface area contributed by atoms with Crippen LogP contribution in [0.3, 0.4) is 0 Å². The van der Waals surface area contributed by atoms with Crippen LogP contribution in [-0.2, 0) is 12.8 Å². The number of hydrogen-bond donors (Lipinski definition) is 1. The molecule has 0 bridgehead atoms. The highest BCUT2D eigenvalue weighted by Crippen LogP contribution is 2.07. The Balaban J connectivity index is 2.53. The van der Waals surface area contributed by atoms with Gasteiger partial charge in [-0.15, -0.1) is 6.42 Å². The molecular weight excluding hydrogens is 242 g/mol. The van der Waals surface area contributed by atoms with Gasteiger partial charge < -0.3 is 5.32 Å². The fraction of sp³-hybridized carbons (Fsp3) is 0.158. The molecule has 0 heterocycles. The van der Waals surface area contributed by atoms with Crippen molar-refractivity contribution in [2.24, 2.45) is 0 Å². The van der Waals surface area contributed by atoms with Crippen molar-refractivity contribution in [3.8, 4) is 12.3 Å². The van der Waals surface area contributed by atoms with Gasteiger partial charge in [0, 0.05) is 5.70 Å². The monoisotopic (exact) mass is 263 g/mol. The maximum Gasteiger partial charge on any atom is 0.0333 e. The highest BCUT2D eigenvalue weighted by atomic mass is 14.8. The van der Waals surface area contributed by atoms with Gasteiger partial charge in [0.2, 0.25) is 0 Å². The van der Waals surface area contributed by atoms with Crippen LogP contribution >= 0.6 is 0 Å². The molecule has 1 rings (SSSR count). The fourth-order valence-corrected chi connectivity index (χ4v) is 1.74. The molecule has 1 N–H and O–H groups in total. The minimum absolute atomic E-state index is 0.881. The summed E-state index contributed by atoms with van der Waals surface area (Å²) in [7, 11) is 0. The van der Waals surface area contributed by atoms with Crippen LogP contribution in [0.5, 0.6) is 0 Å². The van der Waals surface area contributed by atoms with Crippen LogP contribution in [0.2, 0.25) is 0 Å². The molecule has 20 heavy (non-hydrogen) atoms. The van der Waals surface area contributed by atoms with E-state index in [1.165, 1.54) is 11.1 Å². The van der Waals surface area contributed by atoms with Gasteiger partial charge in [-0.3, -0.25) is 0 Å². The van der Waals surface area contributed by atoms with Crippen molar-refractivity contribution < 1.29 is 0 Å². The fourth-order valence-electron chi connectivity index (χ4n) is 1.74. The average molecular weight is 263 g/mol. The lowest BCUT2D eigenvalue weighted by Gasteiger charge is -2.01. The van der Waals surface area contributed by atoms with Crippen molar-refractivity contribution >= 4 is 0 Å².